The van der Waals surface area contributed by atoms with Crippen LogP contribution in [0.1, 0.15) is 20.3 Å². The highest BCUT2D eigenvalue weighted by Crippen LogP contribution is 1.99. The summed E-state index contributed by atoms with van der Waals surface area (Å²) < 4.78 is 5.22. The first-order valence-corrected chi connectivity index (χ1v) is 5.25. The summed E-state index contributed by atoms with van der Waals surface area (Å²) in [6.07, 6.45) is 0.615. The van der Waals surface area contributed by atoms with Crippen LogP contribution in [0.5, 0.6) is 0 Å². The number of nitrogens with one attached hydrogen (secondary N) is 1. The molecule has 1 aliphatic heterocycles. The highest BCUT2D eigenvalue weighted by atomic mass is 16.5. The second-order valence-electron chi connectivity index (χ2n) is 4.09. The Bertz CT molecular complexity index is 177. The zero-order valence-corrected chi connectivity index (χ0v) is 9.08. The lowest BCUT2D eigenvalue weighted by molar-refractivity contribution is -0.122. The summed E-state index contributed by atoms with van der Waals surface area (Å²) in [5.41, 5.74) is 0. The number of hydrogen-bond acceptors (Lipinski definition) is 3. The van der Waals surface area contributed by atoms with Crippen LogP contribution < -0.4 is 5.32 Å². The molecule has 1 fully saturated rings. The van der Waals surface area contributed by atoms with E-state index < -0.39 is 0 Å². The topological polar surface area (TPSA) is 41.6 Å². The van der Waals surface area contributed by atoms with E-state index >= 15 is 0 Å². The SMILES string of the molecule is CC(C)CC(=O)NCN1CCOCC1. The fourth-order valence-electron chi connectivity index (χ4n) is 1.40. The Morgan fingerprint density at radius 2 is 2.07 bits per heavy atom. The first-order valence-electron chi connectivity index (χ1n) is 5.25. The van der Waals surface area contributed by atoms with E-state index in [1.807, 2.05) is 13.8 Å². The summed E-state index contributed by atoms with van der Waals surface area (Å²) in [6.45, 7) is 8.15. The van der Waals surface area contributed by atoms with Crippen molar-refractivity contribution in [2.75, 3.05) is 33.0 Å². The van der Waals surface area contributed by atoms with Gasteiger partial charge in [-0.3, -0.25) is 9.69 Å². The molecule has 0 aliphatic carbocycles. The lowest BCUT2D eigenvalue weighted by Gasteiger charge is -2.26. The van der Waals surface area contributed by atoms with Crippen LogP contribution >= 0.6 is 0 Å². The van der Waals surface area contributed by atoms with Crippen molar-refractivity contribution < 1.29 is 9.53 Å². The quantitative estimate of drug-likeness (QED) is 0.716. The van der Waals surface area contributed by atoms with Gasteiger partial charge < -0.3 is 10.1 Å². The number of amides is 1. The van der Waals surface area contributed by atoms with Gasteiger partial charge in [-0.25, -0.2) is 0 Å². The summed E-state index contributed by atoms with van der Waals surface area (Å²) in [6, 6.07) is 0. The minimum Gasteiger partial charge on any atom is -0.379 e. The zero-order chi connectivity index (χ0) is 10.4. The van der Waals surface area contributed by atoms with Crippen LogP contribution in [0, 0.1) is 5.92 Å². The molecule has 0 aromatic carbocycles. The van der Waals surface area contributed by atoms with E-state index in [1.54, 1.807) is 0 Å². The van der Waals surface area contributed by atoms with Crippen LogP contribution in [0.2, 0.25) is 0 Å². The van der Waals surface area contributed by atoms with Crippen molar-refractivity contribution in [2.45, 2.75) is 20.3 Å². The van der Waals surface area contributed by atoms with Gasteiger partial charge >= 0.3 is 0 Å². The Kier molecular flexibility index (Phi) is 4.90. The summed E-state index contributed by atoms with van der Waals surface area (Å²) in [7, 11) is 0. The molecule has 0 saturated carbocycles. The van der Waals surface area contributed by atoms with Gasteiger partial charge in [0.15, 0.2) is 0 Å². The highest BCUT2D eigenvalue weighted by Gasteiger charge is 2.11. The van der Waals surface area contributed by atoms with Crippen molar-refractivity contribution in [3.63, 3.8) is 0 Å². The largest absolute Gasteiger partial charge is 0.379 e. The minimum atomic E-state index is 0.145. The van der Waals surface area contributed by atoms with E-state index in [2.05, 4.69) is 10.2 Å². The summed E-state index contributed by atoms with van der Waals surface area (Å²) in [4.78, 5) is 13.5. The van der Waals surface area contributed by atoms with Gasteiger partial charge in [-0.15, -0.1) is 0 Å². The van der Waals surface area contributed by atoms with Crippen LogP contribution in [0.3, 0.4) is 0 Å². The van der Waals surface area contributed by atoms with Gasteiger partial charge in [0, 0.05) is 19.5 Å². The van der Waals surface area contributed by atoms with Crippen molar-refractivity contribution >= 4 is 5.91 Å². The smallest absolute Gasteiger partial charge is 0.221 e. The maximum Gasteiger partial charge on any atom is 0.221 e. The third-order valence-electron chi connectivity index (χ3n) is 2.20. The predicted octanol–water partition coefficient (Wildman–Crippen LogP) is 0.438. The average molecular weight is 200 g/mol. The molecule has 0 bridgehead atoms. The van der Waals surface area contributed by atoms with E-state index in [9.17, 15) is 4.79 Å². The molecule has 4 heteroatoms. The molecule has 0 aromatic heterocycles. The average Bonchev–Trinajstić information content (AvgIpc) is 2.15. The molecule has 1 amide bonds. The monoisotopic (exact) mass is 200 g/mol. The second kappa shape index (κ2) is 5.98. The van der Waals surface area contributed by atoms with E-state index in [-0.39, 0.29) is 5.91 Å². The fraction of sp³-hybridized carbons (Fsp3) is 0.900. The summed E-state index contributed by atoms with van der Waals surface area (Å²) >= 11 is 0. The predicted molar refractivity (Wildman–Crippen MR) is 54.9 cm³/mol. The van der Waals surface area contributed by atoms with E-state index in [0.717, 1.165) is 26.3 Å². The Balaban J connectivity index is 2.09. The Hall–Kier alpha value is -0.610. The molecule has 1 aliphatic rings. The molecule has 1 rings (SSSR count). The van der Waals surface area contributed by atoms with Gasteiger partial charge in [0.1, 0.15) is 0 Å². The molecule has 82 valence electrons. The van der Waals surface area contributed by atoms with E-state index in [0.29, 0.717) is 19.0 Å². The molecule has 1 N–H and O–H groups in total. The zero-order valence-electron chi connectivity index (χ0n) is 9.08. The third-order valence-corrected chi connectivity index (χ3v) is 2.20. The molecule has 0 atom stereocenters. The molecule has 1 saturated heterocycles. The Labute approximate surface area is 85.6 Å². The molecular weight excluding hydrogens is 180 g/mol. The molecule has 14 heavy (non-hydrogen) atoms. The van der Waals surface area contributed by atoms with Gasteiger partial charge in [-0.1, -0.05) is 13.8 Å². The van der Waals surface area contributed by atoms with Crippen molar-refractivity contribution in [1.29, 1.82) is 0 Å². The Morgan fingerprint density at radius 3 is 2.64 bits per heavy atom. The first-order chi connectivity index (χ1) is 6.68. The van der Waals surface area contributed by atoms with Crippen LogP contribution in [-0.4, -0.2) is 43.8 Å². The molecule has 0 radical (unpaired) electrons. The molecule has 4 nitrogen and oxygen atoms in total. The first kappa shape index (κ1) is 11.5. The number of carbonyl (C=O) groups excluding carboxylic acids is 1. The lowest BCUT2D eigenvalue weighted by atomic mass is 10.1. The number of morpholine rings is 1. The van der Waals surface area contributed by atoms with Gasteiger partial charge in [-0.05, 0) is 5.92 Å². The van der Waals surface area contributed by atoms with Crippen molar-refractivity contribution in [3.05, 3.63) is 0 Å². The van der Waals surface area contributed by atoms with Crippen molar-refractivity contribution in [2.24, 2.45) is 5.92 Å². The number of carbonyl (C=O) groups is 1. The van der Waals surface area contributed by atoms with Crippen LogP contribution in [0.25, 0.3) is 0 Å². The van der Waals surface area contributed by atoms with E-state index in [1.165, 1.54) is 0 Å². The minimum absolute atomic E-state index is 0.145. The normalized spacial score (nSPS) is 18.5. The molecule has 0 aromatic rings. The number of hydrogen-bond donors (Lipinski definition) is 1. The summed E-state index contributed by atoms with van der Waals surface area (Å²) in [5, 5.41) is 2.92. The van der Waals surface area contributed by atoms with Gasteiger partial charge in [0.2, 0.25) is 5.91 Å². The maximum atomic E-state index is 11.3. The van der Waals surface area contributed by atoms with Gasteiger partial charge in [-0.2, -0.15) is 0 Å². The van der Waals surface area contributed by atoms with Gasteiger partial charge in [0.05, 0.1) is 19.9 Å². The van der Waals surface area contributed by atoms with Gasteiger partial charge in [0.25, 0.3) is 0 Å². The molecule has 1 heterocycles. The fourth-order valence-corrected chi connectivity index (χ4v) is 1.40. The third kappa shape index (κ3) is 4.58. The van der Waals surface area contributed by atoms with Crippen LogP contribution in [0.4, 0.5) is 0 Å². The standard InChI is InChI=1S/C10H20N2O2/c1-9(2)7-10(13)11-8-12-3-5-14-6-4-12/h9H,3-8H2,1-2H3,(H,11,13). The Morgan fingerprint density at radius 1 is 1.43 bits per heavy atom. The maximum absolute atomic E-state index is 11.3. The molecule has 0 spiro atoms. The number of rotatable bonds is 4. The molecule has 0 unspecified atom stereocenters. The summed E-state index contributed by atoms with van der Waals surface area (Å²) in [5.74, 6) is 0.575. The van der Waals surface area contributed by atoms with Crippen molar-refractivity contribution in [1.82, 2.24) is 10.2 Å². The molecular formula is C10H20N2O2. The lowest BCUT2D eigenvalue weighted by Crippen LogP contribution is -2.43. The van der Waals surface area contributed by atoms with Crippen LogP contribution in [0.15, 0.2) is 0 Å². The van der Waals surface area contributed by atoms with Crippen LogP contribution in [-0.2, 0) is 9.53 Å². The number of nitrogens with zero attached hydrogens (tertiary/aromatic N) is 1. The second-order valence-corrected chi connectivity index (χ2v) is 4.09. The highest BCUT2D eigenvalue weighted by molar-refractivity contribution is 5.75. The number of ether oxygens (including phenoxy) is 1. The van der Waals surface area contributed by atoms with Crippen molar-refractivity contribution in [3.8, 4) is 0 Å². The van der Waals surface area contributed by atoms with E-state index in [4.69, 9.17) is 4.74 Å².